The van der Waals surface area contributed by atoms with E-state index in [1.165, 1.54) is 0 Å². The molecule has 0 spiro atoms. The van der Waals surface area contributed by atoms with Crippen molar-refractivity contribution in [1.29, 1.82) is 0 Å². The Balaban J connectivity index is 2.01. The largest absolute Gasteiger partial charge is 0.460 e. The first-order valence-corrected chi connectivity index (χ1v) is 9.52. The van der Waals surface area contributed by atoms with Crippen LogP contribution in [0, 0.1) is 16.7 Å². The molecule has 2 fully saturated rings. The Morgan fingerprint density at radius 3 is 2.22 bits per heavy atom. The lowest BCUT2D eigenvalue weighted by atomic mass is 10.0. The van der Waals surface area contributed by atoms with Crippen molar-refractivity contribution in [2.45, 2.75) is 33.8 Å². The predicted molar refractivity (Wildman–Crippen MR) is 84.6 cm³/mol. The van der Waals surface area contributed by atoms with E-state index in [4.69, 9.17) is 14.0 Å². The summed E-state index contributed by atoms with van der Waals surface area (Å²) in [6.45, 7) is 10.7. The Morgan fingerprint density at radius 2 is 1.78 bits per heavy atom. The molecular formula is C15H27NO6S. The first-order valence-electron chi connectivity index (χ1n) is 7.91. The van der Waals surface area contributed by atoms with E-state index >= 15 is 0 Å². The standard InChI is InChI=1S/C15H27NO6S/c1-14(2)12(15(14,3)4)13(17)22-11(10-23(18,19)20)9-16-5-7-21-8-6-16/h11-12H,5-10H2,1-4H3,(H,18,19,20). The van der Waals surface area contributed by atoms with Crippen molar-refractivity contribution in [3.63, 3.8) is 0 Å². The van der Waals surface area contributed by atoms with Crippen LogP contribution in [0.25, 0.3) is 0 Å². The molecule has 1 atom stereocenters. The quantitative estimate of drug-likeness (QED) is 0.560. The molecule has 0 bridgehead atoms. The van der Waals surface area contributed by atoms with E-state index in [0.29, 0.717) is 26.3 Å². The molecule has 0 aromatic carbocycles. The van der Waals surface area contributed by atoms with Gasteiger partial charge in [-0.05, 0) is 10.8 Å². The van der Waals surface area contributed by atoms with Crippen molar-refractivity contribution in [2.24, 2.45) is 16.7 Å². The van der Waals surface area contributed by atoms with Gasteiger partial charge in [-0.1, -0.05) is 27.7 Å². The van der Waals surface area contributed by atoms with Gasteiger partial charge in [0.1, 0.15) is 11.9 Å². The van der Waals surface area contributed by atoms with Crippen LogP contribution >= 0.6 is 0 Å². The second-order valence-electron chi connectivity index (χ2n) is 7.60. The van der Waals surface area contributed by atoms with Crippen LogP contribution in [-0.4, -0.2) is 68.5 Å². The highest BCUT2D eigenvalue weighted by molar-refractivity contribution is 7.85. The lowest BCUT2D eigenvalue weighted by Gasteiger charge is -2.30. The molecule has 2 rings (SSSR count). The fourth-order valence-electron chi connectivity index (χ4n) is 3.45. The van der Waals surface area contributed by atoms with E-state index in [9.17, 15) is 13.2 Å². The van der Waals surface area contributed by atoms with Crippen LogP contribution in [0.1, 0.15) is 27.7 Å². The summed E-state index contributed by atoms with van der Waals surface area (Å²) in [5, 5.41) is 0. The third-order valence-electron chi connectivity index (χ3n) is 5.50. The Labute approximate surface area is 138 Å². The van der Waals surface area contributed by atoms with Gasteiger partial charge in [-0.25, -0.2) is 0 Å². The smallest absolute Gasteiger partial charge is 0.310 e. The van der Waals surface area contributed by atoms with E-state index < -0.39 is 22.0 Å². The number of ether oxygens (including phenoxy) is 2. The summed E-state index contributed by atoms with van der Waals surface area (Å²) in [6.07, 6.45) is -0.872. The van der Waals surface area contributed by atoms with E-state index in [0.717, 1.165) is 0 Å². The Bertz CT molecular complexity index is 536. The molecule has 7 nitrogen and oxygen atoms in total. The average molecular weight is 349 g/mol. The molecule has 1 saturated heterocycles. The molecule has 1 aliphatic carbocycles. The number of carbonyl (C=O) groups excluding carboxylic acids is 1. The van der Waals surface area contributed by atoms with Crippen molar-refractivity contribution in [1.82, 2.24) is 4.90 Å². The minimum atomic E-state index is -4.22. The number of hydrogen-bond acceptors (Lipinski definition) is 6. The average Bonchev–Trinajstić information content (AvgIpc) is 2.78. The van der Waals surface area contributed by atoms with E-state index in [2.05, 4.69) is 0 Å². The number of esters is 1. The summed E-state index contributed by atoms with van der Waals surface area (Å²) >= 11 is 0. The highest BCUT2D eigenvalue weighted by Crippen LogP contribution is 2.68. The van der Waals surface area contributed by atoms with Gasteiger partial charge >= 0.3 is 5.97 Å². The van der Waals surface area contributed by atoms with Gasteiger partial charge in [-0.3, -0.25) is 14.2 Å². The molecule has 1 N–H and O–H groups in total. The number of morpholine rings is 1. The molecule has 0 radical (unpaired) electrons. The maximum absolute atomic E-state index is 12.4. The van der Waals surface area contributed by atoms with Crippen molar-refractivity contribution >= 4 is 16.1 Å². The molecule has 1 saturated carbocycles. The summed E-state index contributed by atoms with van der Waals surface area (Å²) in [4.78, 5) is 14.4. The first kappa shape index (κ1) is 18.6. The van der Waals surface area contributed by atoms with Gasteiger partial charge in [0, 0.05) is 19.6 Å². The van der Waals surface area contributed by atoms with Crippen molar-refractivity contribution in [3.8, 4) is 0 Å². The molecule has 0 aromatic rings. The molecule has 134 valence electrons. The monoisotopic (exact) mass is 349 g/mol. The van der Waals surface area contributed by atoms with Gasteiger partial charge in [-0.15, -0.1) is 0 Å². The van der Waals surface area contributed by atoms with Gasteiger partial charge < -0.3 is 9.47 Å². The molecule has 23 heavy (non-hydrogen) atoms. The number of rotatable bonds is 6. The molecule has 1 aliphatic heterocycles. The van der Waals surface area contributed by atoms with Crippen LogP contribution in [-0.2, 0) is 24.4 Å². The van der Waals surface area contributed by atoms with Crippen LogP contribution in [0.5, 0.6) is 0 Å². The topological polar surface area (TPSA) is 93.1 Å². The maximum atomic E-state index is 12.4. The van der Waals surface area contributed by atoms with Gasteiger partial charge in [0.2, 0.25) is 0 Å². The van der Waals surface area contributed by atoms with Crippen molar-refractivity contribution in [2.75, 3.05) is 38.6 Å². The van der Waals surface area contributed by atoms with Crippen LogP contribution < -0.4 is 0 Å². The zero-order valence-electron chi connectivity index (χ0n) is 14.2. The van der Waals surface area contributed by atoms with Crippen LogP contribution in [0.15, 0.2) is 0 Å². The Hall–Kier alpha value is -0.700. The maximum Gasteiger partial charge on any atom is 0.310 e. The van der Waals surface area contributed by atoms with Crippen LogP contribution in [0.4, 0.5) is 0 Å². The molecule has 1 heterocycles. The van der Waals surface area contributed by atoms with Crippen LogP contribution in [0.3, 0.4) is 0 Å². The summed E-state index contributed by atoms with van der Waals surface area (Å²) in [5.74, 6) is -1.23. The fourth-order valence-corrected chi connectivity index (χ4v) is 4.09. The molecule has 0 aromatic heterocycles. The molecule has 0 amide bonds. The lowest BCUT2D eigenvalue weighted by molar-refractivity contribution is -0.152. The highest BCUT2D eigenvalue weighted by atomic mass is 32.2. The molecule has 1 unspecified atom stereocenters. The summed E-state index contributed by atoms with van der Waals surface area (Å²) in [7, 11) is -4.22. The fraction of sp³-hybridized carbons (Fsp3) is 0.933. The van der Waals surface area contributed by atoms with Gasteiger partial charge in [0.15, 0.2) is 0 Å². The summed E-state index contributed by atoms with van der Waals surface area (Å²) in [5.41, 5.74) is -0.350. The van der Waals surface area contributed by atoms with Crippen molar-refractivity contribution < 1.29 is 27.2 Å². The Morgan fingerprint density at radius 1 is 1.26 bits per heavy atom. The van der Waals surface area contributed by atoms with Gasteiger partial charge in [0.05, 0.1) is 19.1 Å². The number of carbonyl (C=O) groups is 1. The normalized spacial score (nSPS) is 25.8. The molecule has 8 heteroatoms. The third-order valence-corrected chi connectivity index (χ3v) is 6.29. The lowest BCUT2D eigenvalue weighted by Crippen LogP contribution is -2.44. The molecular weight excluding hydrogens is 322 g/mol. The molecule has 2 aliphatic rings. The second-order valence-corrected chi connectivity index (χ2v) is 9.09. The first-order chi connectivity index (χ1) is 10.4. The van der Waals surface area contributed by atoms with E-state index in [1.54, 1.807) is 0 Å². The second kappa shape index (κ2) is 6.31. The van der Waals surface area contributed by atoms with E-state index in [-0.39, 0.29) is 29.3 Å². The van der Waals surface area contributed by atoms with Crippen LogP contribution in [0.2, 0.25) is 0 Å². The number of nitrogens with zero attached hydrogens (tertiary/aromatic N) is 1. The van der Waals surface area contributed by atoms with E-state index in [1.807, 2.05) is 32.6 Å². The zero-order chi connectivity index (χ0) is 17.5. The van der Waals surface area contributed by atoms with Crippen molar-refractivity contribution in [3.05, 3.63) is 0 Å². The Kier molecular flexibility index (Phi) is 5.11. The minimum Gasteiger partial charge on any atom is -0.460 e. The predicted octanol–water partition coefficient (Wildman–Crippen LogP) is 0.800. The highest BCUT2D eigenvalue weighted by Gasteiger charge is 2.69. The SMILES string of the molecule is CC1(C)C(C(=O)OC(CN2CCOCC2)CS(=O)(=O)O)C1(C)C. The zero-order valence-corrected chi connectivity index (χ0v) is 15.1. The third kappa shape index (κ3) is 4.23. The summed E-state index contributed by atoms with van der Waals surface area (Å²) < 4.78 is 42.3. The minimum absolute atomic E-state index is 0.175. The van der Waals surface area contributed by atoms with Gasteiger partial charge in [-0.2, -0.15) is 8.42 Å². The van der Waals surface area contributed by atoms with Gasteiger partial charge in [0.25, 0.3) is 10.1 Å². The summed E-state index contributed by atoms with van der Waals surface area (Å²) in [6, 6.07) is 0. The number of hydrogen-bond donors (Lipinski definition) is 1.